The minimum Gasteiger partial charge on any atom is -0.348 e. The Hall–Kier alpha value is -3.31. The summed E-state index contributed by atoms with van der Waals surface area (Å²) in [4.78, 5) is 50.2. The number of rotatable bonds is 9. The minimum absolute atomic E-state index is 0.187. The zero-order valence-electron chi connectivity index (χ0n) is 23.3. The molecule has 12 heteroatoms. The number of nitrogens with zero attached hydrogens (tertiary/aromatic N) is 3. The quantitative estimate of drug-likeness (QED) is 0.431. The molecule has 2 heterocycles. The van der Waals surface area contributed by atoms with Crippen molar-refractivity contribution in [1.29, 1.82) is 0 Å². The summed E-state index contributed by atoms with van der Waals surface area (Å²) in [7, 11) is -2.09. The second-order valence-corrected chi connectivity index (χ2v) is 13.5. The number of halogens is 1. The first kappa shape index (κ1) is 31.2. The molecular formula is C28H36ClN5O5S. The number of benzene rings is 1. The predicted octanol–water partition coefficient (Wildman–Crippen LogP) is 3.07. The molecule has 2 aromatic rings. The highest BCUT2D eigenvalue weighted by Gasteiger charge is 2.42. The number of sulfone groups is 1. The summed E-state index contributed by atoms with van der Waals surface area (Å²) in [5, 5.41) is 6.54. The molecule has 1 aromatic heterocycles. The van der Waals surface area contributed by atoms with E-state index in [4.69, 9.17) is 11.6 Å². The van der Waals surface area contributed by atoms with Gasteiger partial charge in [-0.2, -0.15) is 0 Å². The summed E-state index contributed by atoms with van der Waals surface area (Å²) in [6, 6.07) is 8.38. The van der Waals surface area contributed by atoms with Gasteiger partial charge in [0, 0.05) is 37.9 Å². The lowest BCUT2D eigenvalue weighted by Gasteiger charge is -2.35. The maximum Gasteiger partial charge on any atom is 0.270 e. The molecule has 3 atom stereocenters. The number of para-hydroxylation sites is 1. The van der Waals surface area contributed by atoms with Crippen LogP contribution in [0.5, 0.6) is 0 Å². The van der Waals surface area contributed by atoms with E-state index in [1.807, 2.05) is 45.0 Å². The molecule has 1 aromatic carbocycles. The van der Waals surface area contributed by atoms with E-state index in [1.54, 1.807) is 19.2 Å². The average molecular weight is 590 g/mol. The normalized spacial score (nSPS) is 18.1. The highest BCUT2D eigenvalue weighted by Crippen LogP contribution is 2.26. The van der Waals surface area contributed by atoms with Crippen LogP contribution >= 0.6 is 11.6 Å². The van der Waals surface area contributed by atoms with Gasteiger partial charge in [-0.1, -0.05) is 56.6 Å². The first-order valence-electron chi connectivity index (χ1n) is 13.0. The van der Waals surface area contributed by atoms with Gasteiger partial charge in [0.15, 0.2) is 9.84 Å². The summed E-state index contributed by atoms with van der Waals surface area (Å²) in [6.07, 6.45) is 5.01. The van der Waals surface area contributed by atoms with Crippen LogP contribution < -0.4 is 10.6 Å². The van der Waals surface area contributed by atoms with Crippen molar-refractivity contribution in [3.05, 3.63) is 52.5 Å². The Kier molecular flexibility index (Phi) is 10.1. The molecule has 40 heavy (non-hydrogen) atoms. The molecule has 3 amide bonds. The van der Waals surface area contributed by atoms with Crippen LogP contribution in [0.2, 0.25) is 0 Å². The number of likely N-dealkylation sites (tertiary alicyclic amines) is 1. The van der Waals surface area contributed by atoms with E-state index in [-0.39, 0.29) is 22.4 Å². The average Bonchev–Trinajstić information content (AvgIpc) is 3.38. The fourth-order valence-corrected chi connectivity index (χ4v) is 5.03. The number of aromatic nitrogens is 1. The van der Waals surface area contributed by atoms with Crippen LogP contribution in [0.1, 0.15) is 50.5 Å². The molecule has 0 spiro atoms. The molecule has 10 nitrogen and oxygen atoms in total. The number of carbonyl (C=O) groups is 3. The van der Waals surface area contributed by atoms with Crippen molar-refractivity contribution in [2.45, 2.75) is 58.2 Å². The zero-order valence-corrected chi connectivity index (χ0v) is 24.9. The molecule has 1 aliphatic rings. The second-order valence-electron chi connectivity index (χ2n) is 10.9. The summed E-state index contributed by atoms with van der Waals surface area (Å²) < 4.78 is 23.2. The van der Waals surface area contributed by atoms with Gasteiger partial charge in [0.2, 0.25) is 11.8 Å². The van der Waals surface area contributed by atoms with Crippen molar-refractivity contribution in [3.8, 4) is 0 Å². The number of hydrogen-bond acceptors (Lipinski definition) is 7. The van der Waals surface area contributed by atoms with Crippen LogP contribution in [0.3, 0.4) is 0 Å². The van der Waals surface area contributed by atoms with Gasteiger partial charge in [-0.15, -0.1) is 0 Å². The molecule has 2 N–H and O–H groups in total. The van der Waals surface area contributed by atoms with Crippen molar-refractivity contribution >= 4 is 56.3 Å². The number of pyridine rings is 1. The summed E-state index contributed by atoms with van der Waals surface area (Å²) in [6.45, 7) is 5.86. The summed E-state index contributed by atoms with van der Waals surface area (Å²) >= 11 is 5.94. The Morgan fingerprint density at radius 3 is 2.52 bits per heavy atom. The molecule has 0 aliphatic carbocycles. The van der Waals surface area contributed by atoms with Gasteiger partial charge >= 0.3 is 0 Å². The molecule has 0 radical (unpaired) electrons. The Morgan fingerprint density at radius 2 is 1.88 bits per heavy atom. The van der Waals surface area contributed by atoms with Crippen molar-refractivity contribution in [2.75, 3.05) is 19.8 Å². The van der Waals surface area contributed by atoms with E-state index < -0.39 is 45.2 Å². The number of hydrogen-bond donors (Lipinski definition) is 2. The summed E-state index contributed by atoms with van der Waals surface area (Å²) in [5.41, 5.74) is 0.184. The van der Waals surface area contributed by atoms with E-state index >= 15 is 0 Å². The first-order valence-corrected chi connectivity index (χ1v) is 15.2. The third-order valence-corrected chi connectivity index (χ3v) is 8.43. The van der Waals surface area contributed by atoms with Crippen LogP contribution in [0.15, 0.2) is 51.8 Å². The van der Waals surface area contributed by atoms with Gasteiger partial charge in [0.25, 0.3) is 5.91 Å². The van der Waals surface area contributed by atoms with Crippen molar-refractivity contribution in [2.24, 2.45) is 10.4 Å². The molecule has 1 aliphatic heterocycles. The largest absolute Gasteiger partial charge is 0.348 e. The Morgan fingerprint density at radius 1 is 1.18 bits per heavy atom. The lowest BCUT2D eigenvalue weighted by atomic mass is 9.85. The van der Waals surface area contributed by atoms with Gasteiger partial charge in [-0.25, -0.2) is 13.4 Å². The monoisotopic (exact) mass is 589 g/mol. The van der Waals surface area contributed by atoms with Gasteiger partial charge in [-0.3, -0.25) is 14.4 Å². The second kappa shape index (κ2) is 12.9. The van der Waals surface area contributed by atoms with Crippen LogP contribution in [0, 0.1) is 5.41 Å². The topological polar surface area (TPSA) is 138 Å². The maximum atomic E-state index is 13.8. The Balaban J connectivity index is 1.81. The Bertz CT molecular complexity index is 1430. The molecule has 0 unspecified atom stereocenters. The summed E-state index contributed by atoms with van der Waals surface area (Å²) in [5.74, 6) is -1.31. The standard InChI is InChI=1S/C28H36ClN5O5S/c1-28(2,3)24(33-25(35)21-13-12-18-9-6-7-10-20(18)32-21)27(37)34-16-8-11-22(34)26(36)31-19(14-15-30-4)17-23(29)40(5,38)39/h6-7,9-10,12-13,15,17,19,22,24H,8,11,14,16H2,1-5H3,(H,31,36)(H,33,35)/b23-17+,30-15+/t19-,22+,24+/m0/s1. The molecule has 1 fully saturated rings. The number of fused-ring (bicyclic) bond motifs is 1. The number of nitrogens with one attached hydrogen (secondary N) is 2. The molecular weight excluding hydrogens is 554 g/mol. The van der Waals surface area contributed by atoms with E-state index in [0.717, 1.165) is 11.6 Å². The number of carbonyl (C=O) groups excluding carboxylic acids is 3. The van der Waals surface area contributed by atoms with E-state index in [0.29, 0.717) is 24.9 Å². The predicted molar refractivity (Wildman–Crippen MR) is 157 cm³/mol. The SMILES string of the molecule is C/N=C/C[C@@H](/C=C(\Cl)S(C)(=O)=O)NC(=O)[C@H]1CCCN1C(=O)[C@@H](NC(=O)c1ccc2ccccc2n1)C(C)(C)C. The van der Waals surface area contributed by atoms with Crippen molar-refractivity contribution in [3.63, 3.8) is 0 Å². The van der Waals surface area contributed by atoms with E-state index in [2.05, 4.69) is 20.6 Å². The van der Waals surface area contributed by atoms with E-state index in [1.165, 1.54) is 17.2 Å². The van der Waals surface area contributed by atoms with Gasteiger partial charge < -0.3 is 20.5 Å². The van der Waals surface area contributed by atoms with Crippen LogP contribution in [0.4, 0.5) is 0 Å². The van der Waals surface area contributed by atoms with E-state index in [9.17, 15) is 22.8 Å². The van der Waals surface area contributed by atoms with Crippen molar-refractivity contribution in [1.82, 2.24) is 20.5 Å². The molecule has 0 saturated carbocycles. The highest BCUT2D eigenvalue weighted by atomic mass is 35.5. The molecule has 3 rings (SSSR count). The van der Waals surface area contributed by atoms with Gasteiger partial charge in [0.1, 0.15) is 22.1 Å². The maximum absolute atomic E-state index is 13.8. The lowest BCUT2D eigenvalue weighted by Crippen LogP contribution is -2.58. The van der Waals surface area contributed by atoms with Gasteiger partial charge in [0.05, 0.1) is 11.6 Å². The van der Waals surface area contributed by atoms with Crippen LogP contribution in [-0.4, -0.2) is 80.2 Å². The first-order chi connectivity index (χ1) is 18.7. The molecule has 1 saturated heterocycles. The smallest absolute Gasteiger partial charge is 0.270 e. The fraction of sp³-hybridized carbons (Fsp3) is 0.464. The lowest BCUT2D eigenvalue weighted by molar-refractivity contribution is -0.142. The molecule has 216 valence electrons. The highest BCUT2D eigenvalue weighted by molar-refractivity contribution is 7.96. The third kappa shape index (κ3) is 7.88. The Labute approximate surface area is 240 Å². The van der Waals surface area contributed by atoms with Crippen LogP contribution in [0.25, 0.3) is 10.9 Å². The van der Waals surface area contributed by atoms with Crippen LogP contribution in [-0.2, 0) is 19.4 Å². The van der Waals surface area contributed by atoms with Gasteiger partial charge in [-0.05, 0) is 36.5 Å². The zero-order chi connectivity index (χ0) is 29.7. The van der Waals surface area contributed by atoms with Crippen molar-refractivity contribution < 1.29 is 22.8 Å². The third-order valence-electron chi connectivity index (χ3n) is 6.61. The minimum atomic E-state index is -3.66. The molecule has 0 bridgehead atoms. The fourth-order valence-electron chi connectivity index (χ4n) is 4.46. The number of amides is 3. The number of aliphatic imine (C=N–C) groups is 1.